The van der Waals surface area contributed by atoms with Gasteiger partial charge in [-0.05, 0) is 51.6 Å². The lowest BCUT2D eigenvalue weighted by Crippen LogP contribution is -2.43. The number of nitrogens with one attached hydrogen (secondary N) is 1. The van der Waals surface area contributed by atoms with Crippen LogP contribution >= 0.6 is 11.3 Å². The van der Waals surface area contributed by atoms with E-state index in [2.05, 4.69) is 35.2 Å². The quantitative estimate of drug-likeness (QED) is 0.592. The lowest BCUT2D eigenvalue weighted by atomic mass is 10.1. The summed E-state index contributed by atoms with van der Waals surface area (Å²) in [5, 5.41) is 13.6. The Balaban J connectivity index is 1.49. The molecule has 2 aromatic heterocycles. The number of hydrogen-bond donors (Lipinski definition) is 2. The Kier molecular flexibility index (Phi) is 6.28. The number of aromatic hydroxyl groups is 1. The first-order chi connectivity index (χ1) is 15.6. The van der Waals surface area contributed by atoms with Crippen LogP contribution in [0.25, 0.3) is 21.6 Å². The Hall–Kier alpha value is -2.26. The molecule has 0 radical (unpaired) electrons. The molecule has 2 fully saturated rings. The predicted octanol–water partition coefficient (Wildman–Crippen LogP) is 3.47. The van der Waals surface area contributed by atoms with E-state index in [0.29, 0.717) is 31.1 Å². The Morgan fingerprint density at radius 3 is 2.88 bits per heavy atom. The molecular weight excluding hydrogens is 422 g/mol. The number of aromatic nitrogens is 2. The van der Waals surface area contributed by atoms with Crippen molar-refractivity contribution in [3.05, 3.63) is 35.2 Å². The summed E-state index contributed by atoms with van der Waals surface area (Å²) in [5.41, 5.74) is 1.80. The van der Waals surface area contributed by atoms with Crippen molar-refractivity contribution in [1.82, 2.24) is 20.2 Å². The number of morpholine rings is 1. The van der Waals surface area contributed by atoms with Gasteiger partial charge in [-0.15, -0.1) is 11.3 Å². The zero-order chi connectivity index (χ0) is 22.1. The van der Waals surface area contributed by atoms with Crippen molar-refractivity contribution in [1.29, 1.82) is 0 Å². The van der Waals surface area contributed by atoms with Crippen molar-refractivity contribution in [2.45, 2.75) is 38.4 Å². The largest absolute Gasteiger partial charge is 0.508 e. The van der Waals surface area contributed by atoms with Gasteiger partial charge in [0, 0.05) is 42.2 Å². The Labute approximate surface area is 193 Å². The average Bonchev–Trinajstić information content (AvgIpc) is 3.48. The number of phenols is 1. The zero-order valence-corrected chi connectivity index (χ0v) is 19.6. The normalized spacial score (nSPS) is 20.3. The van der Waals surface area contributed by atoms with E-state index >= 15 is 0 Å². The van der Waals surface area contributed by atoms with E-state index in [-0.39, 0.29) is 5.75 Å². The van der Waals surface area contributed by atoms with E-state index in [0.717, 1.165) is 47.8 Å². The standard InChI is InChI=1S/C24H31N5O2S/c1-16(20-7-4-8-25-20)28(2)15-19-14-21-22(32-19)24(29-9-11-31-12-10-29)27-23(26-21)17-5-3-6-18(30)13-17/h3,5-6,13-14,16,20,25,30H,4,7-12,15H2,1-2H3/t16-,20+/m1/s1. The summed E-state index contributed by atoms with van der Waals surface area (Å²) in [6.45, 7) is 7.40. The molecule has 2 N–H and O–H groups in total. The van der Waals surface area contributed by atoms with Crippen molar-refractivity contribution >= 4 is 27.4 Å². The number of nitrogens with zero attached hydrogens (tertiary/aromatic N) is 4. The second kappa shape index (κ2) is 9.31. The van der Waals surface area contributed by atoms with Gasteiger partial charge in [0.05, 0.1) is 23.4 Å². The van der Waals surface area contributed by atoms with Crippen molar-refractivity contribution in [3.8, 4) is 17.1 Å². The van der Waals surface area contributed by atoms with Crippen LogP contribution < -0.4 is 10.2 Å². The monoisotopic (exact) mass is 453 g/mol. The van der Waals surface area contributed by atoms with Crippen LogP contribution in [0.3, 0.4) is 0 Å². The molecule has 0 amide bonds. The maximum absolute atomic E-state index is 9.96. The molecule has 8 heteroatoms. The third-order valence-corrected chi connectivity index (χ3v) is 7.71. The summed E-state index contributed by atoms with van der Waals surface area (Å²) in [7, 11) is 2.21. The molecule has 0 spiro atoms. The number of anilines is 1. The van der Waals surface area contributed by atoms with Crippen molar-refractivity contribution in [2.24, 2.45) is 0 Å². The van der Waals surface area contributed by atoms with Gasteiger partial charge in [0.15, 0.2) is 11.6 Å². The molecule has 0 bridgehead atoms. The molecule has 3 aromatic rings. The molecule has 4 heterocycles. The second-order valence-electron chi connectivity index (χ2n) is 8.81. The first kappa shape index (κ1) is 21.6. The third kappa shape index (κ3) is 4.45. The van der Waals surface area contributed by atoms with Crippen molar-refractivity contribution in [2.75, 3.05) is 44.8 Å². The number of hydrogen-bond acceptors (Lipinski definition) is 8. The Morgan fingerprint density at radius 1 is 1.28 bits per heavy atom. The number of rotatable bonds is 6. The lowest BCUT2D eigenvalue weighted by molar-refractivity contribution is 0.122. The number of benzene rings is 1. The first-order valence-corrected chi connectivity index (χ1v) is 12.3. The fraction of sp³-hybridized carbons (Fsp3) is 0.500. The van der Waals surface area contributed by atoms with E-state index < -0.39 is 0 Å². The fourth-order valence-corrected chi connectivity index (χ4v) is 5.80. The average molecular weight is 454 g/mol. The predicted molar refractivity (Wildman–Crippen MR) is 130 cm³/mol. The van der Waals surface area contributed by atoms with Gasteiger partial charge in [0.1, 0.15) is 5.75 Å². The first-order valence-electron chi connectivity index (χ1n) is 11.4. The number of fused-ring (bicyclic) bond motifs is 1. The Morgan fingerprint density at radius 2 is 2.12 bits per heavy atom. The molecule has 0 saturated carbocycles. The van der Waals surface area contributed by atoms with Crippen molar-refractivity contribution in [3.63, 3.8) is 0 Å². The smallest absolute Gasteiger partial charge is 0.162 e. The van der Waals surface area contributed by atoms with Gasteiger partial charge in [-0.1, -0.05) is 12.1 Å². The highest BCUT2D eigenvalue weighted by Gasteiger charge is 2.25. The highest BCUT2D eigenvalue weighted by molar-refractivity contribution is 7.19. The molecule has 2 aliphatic heterocycles. The topological polar surface area (TPSA) is 73.8 Å². The molecule has 32 heavy (non-hydrogen) atoms. The molecule has 2 saturated heterocycles. The van der Waals surface area contributed by atoms with Crippen LogP contribution in [0.5, 0.6) is 5.75 Å². The van der Waals surface area contributed by atoms with E-state index in [1.165, 1.54) is 17.7 Å². The second-order valence-corrected chi connectivity index (χ2v) is 9.94. The van der Waals surface area contributed by atoms with Gasteiger partial charge in [0.25, 0.3) is 0 Å². The lowest BCUT2D eigenvalue weighted by Gasteiger charge is -2.29. The van der Waals surface area contributed by atoms with Crippen LogP contribution in [0.15, 0.2) is 30.3 Å². The van der Waals surface area contributed by atoms with E-state index in [1.807, 2.05) is 12.1 Å². The molecule has 0 aliphatic carbocycles. The number of ether oxygens (including phenoxy) is 1. The molecule has 0 unspecified atom stereocenters. The van der Waals surface area contributed by atoms with Crippen molar-refractivity contribution < 1.29 is 9.84 Å². The molecule has 170 valence electrons. The minimum Gasteiger partial charge on any atom is -0.508 e. The number of phenolic OH excluding ortho intramolecular Hbond substituents is 1. The summed E-state index contributed by atoms with van der Waals surface area (Å²) >= 11 is 1.79. The van der Waals surface area contributed by atoms with Gasteiger partial charge >= 0.3 is 0 Å². The summed E-state index contributed by atoms with van der Waals surface area (Å²) in [4.78, 5) is 15.9. The van der Waals surface area contributed by atoms with E-state index in [9.17, 15) is 5.11 Å². The SMILES string of the molecule is C[C@H]([C@@H]1CCCN1)N(C)Cc1cc2nc(-c3cccc(O)c3)nc(N3CCOCC3)c2s1. The minimum atomic E-state index is 0.223. The van der Waals surface area contributed by atoms with Gasteiger partial charge in [-0.3, -0.25) is 4.90 Å². The van der Waals surface area contributed by atoms with Gasteiger partial charge in [-0.25, -0.2) is 9.97 Å². The Bertz CT molecular complexity index is 1080. The molecule has 7 nitrogen and oxygen atoms in total. The van der Waals surface area contributed by atoms with Crippen LogP contribution in [0.4, 0.5) is 5.82 Å². The van der Waals surface area contributed by atoms with Crippen LogP contribution in [0.2, 0.25) is 0 Å². The van der Waals surface area contributed by atoms with Gasteiger partial charge in [-0.2, -0.15) is 0 Å². The van der Waals surface area contributed by atoms with E-state index in [1.54, 1.807) is 23.5 Å². The van der Waals surface area contributed by atoms with Gasteiger partial charge < -0.3 is 20.1 Å². The maximum atomic E-state index is 9.96. The summed E-state index contributed by atoms with van der Waals surface area (Å²) in [6.07, 6.45) is 2.51. The number of thiophene rings is 1. The highest BCUT2D eigenvalue weighted by Crippen LogP contribution is 2.35. The minimum absolute atomic E-state index is 0.223. The molecule has 2 atom stereocenters. The zero-order valence-electron chi connectivity index (χ0n) is 18.8. The molecule has 2 aliphatic rings. The molecule has 5 rings (SSSR count). The summed E-state index contributed by atoms with van der Waals surface area (Å²) in [6, 6.07) is 10.4. The van der Waals surface area contributed by atoms with Crippen LogP contribution in [-0.2, 0) is 11.3 Å². The summed E-state index contributed by atoms with van der Waals surface area (Å²) < 4.78 is 6.70. The maximum Gasteiger partial charge on any atom is 0.162 e. The van der Waals surface area contributed by atoms with Crippen LogP contribution in [0.1, 0.15) is 24.6 Å². The third-order valence-electron chi connectivity index (χ3n) is 6.60. The van der Waals surface area contributed by atoms with E-state index in [4.69, 9.17) is 14.7 Å². The van der Waals surface area contributed by atoms with Gasteiger partial charge in [0.2, 0.25) is 0 Å². The van der Waals surface area contributed by atoms with Crippen LogP contribution in [0, 0.1) is 0 Å². The fourth-order valence-electron chi connectivity index (χ4n) is 4.63. The summed E-state index contributed by atoms with van der Waals surface area (Å²) in [5.74, 6) is 1.85. The van der Waals surface area contributed by atoms with Crippen LogP contribution in [-0.4, -0.2) is 72.0 Å². The highest BCUT2D eigenvalue weighted by atomic mass is 32.1. The molecule has 1 aromatic carbocycles. The number of likely N-dealkylation sites (N-methyl/N-ethyl adjacent to an activating group) is 1. The molecular formula is C24H31N5O2S.